The van der Waals surface area contributed by atoms with E-state index in [0.717, 1.165) is 21.2 Å². The molecule has 126 valence electrons. The van der Waals surface area contributed by atoms with Gasteiger partial charge >= 0.3 is 0 Å². The number of benzene rings is 1. The summed E-state index contributed by atoms with van der Waals surface area (Å²) in [5.41, 5.74) is 1.33. The van der Waals surface area contributed by atoms with Crippen LogP contribution in [0.4, 0.5) is 5.82 Å². The second kappa shape index (κ2) is 6.34. The highest BCUT2D eigenvalue weighted by Crippen LogP contribution is 2.41. The number of hydrogen-bond donors (Lipinski definition) is 0. The molecule has 1 saturated carbocycles. The Kier molecular flexibility index (Phi) is 4.33. The van der Waals surface area contributed by atoms with E-state index in [9.17, 15) is 0 Å². The van der Waals surface area contributed by atoms with Crippen LogP contribution in [0, 0.1) is 5.92 Å². The zero-order chi connectivity index (χ0) is 16.8. The van der Waals surface area contributed by atoms with E-state index in [-0.39, 0.29) is 0 Å². The molecule has 5 heteroatoms. The van der Waals surface area contributed by atoms with Crippen LogP contribution in [0.5, 0.6) is 5.75 Å². The van der Waals surface area contributed by atoms with Crippen LogP contribution >= 0.6 is 31.9 Å². The first kappa shape index (κ1) is 16.4. The van der Waals surface area contributed by atoms with Gasteiger partial charge in [0.1, 0.15) is 22.5 Å². The minimum absolute atomic E-state index is 0.328. The van der Waals surface area contributed by atoms with Gasteiger partial charge in [0, 0.05) is 5.92 Å². The monoisotopic (exact) mass is 451 g/mol. The highest BCUT2D eigenvalue weighted by molar-refractivity contribution is 9.11. The summed E-state index contributed by atoms with van der Waals surface area (Å²) < 4.78 is 10.0. The number of anilines is 1. The van der Waals surface area contributed by atoms with Crippen molar-refractivity contribution < 1.29 is 9.30 Å². The van der Waals surface area contributed by atoms with E-state index in [1.165, 1.54) is 24.2 Å². The van der Waals surface area contributed by atoms with Gasteiger partial charge in [-0.3, -0.25) is 4.90 Å². The molecule has 24 heavy (non-hydrogen) atoms. The van der Waals surface area contributed by atoms with Gasteiger partial charge in [0.2, 0.25) is 0 Å². The third-order valence-electron chi connectivity index (χ3n) is 5.03. The van der Waals surface area contributed by atoms with E-state index < -0.39 is 0 Å². The quantitative estimate of drug-likeness (QED) is 0.626. The van der Waals surface area contributed by atoms with E-state index >= 15 is 0 Å². The summed E-state index contributed by atoms with van der Waals surface area (Å²) in [7, 11) is 1.71. The largest absolute Gasteiger partial charge is 0.497 e. The van der Waals surface area contributed by atoms with Crippen LogP contribution in [-0.2, 0) is 0 Å². The average molecular weight is 453 g/mol. The van der Waals surface area contributed by atoms with Crippen LogP contribution in [0.3, 0.4) is 0 Å². The molecular formula is C19H21Br2N2O+. The van der Waals surface area contributed by atoms with Gasteiger partial charge in [-0.05, 0) is 68.5 Å². The smallest absolute Gasteiger partial charge is 0.291 e. The van der Waals surface area contributed by atoms with Gasteiger partial charge in [-0.2, -0.15) is 0 Å². The Hall–Kier alpha value is -1.07. The third-order valence-corrected chi connectivity index (χ3v) is 6.04. The second-order valence-corrected chi connectivity index (χ2v) is 8.59. The predicted octanol–water partition coefficient (Wildman–Crippen LogP) is 4.72. The Morgan fingerprint density at radius 3 is 2.50 bits per heavy atom. The number of ether oxygens (including phenoxy) is 1. The van der Waals surface area contributed by atoms with Crippen molar-refractivity contribution in [2.75, 3.05) is 18.6 Å². The highest BCUT2D eigenvalue weighted by atomic mass is 79.9. The van der Waals surface area contributed by atoms with E-state index in [0.29, 0.717) is 18.0 Å². The first-order valence-electron chi connectivity index (χ1n) is 8.39. The molecule has 1 aliphatic carbocycles. The van der Waals surface area contributed by atoms with Crippen molar-refractivity contribution in [3.8, 4) is 5.75 Å². The maximum absolute atomic E-state index is 5.32. The van der Waals surface area contributed by atoms with E-state index in [1.807, 2.05) is 0 Å². The number of methoxy groups -OCH3 is 1. The van der Waals surface area contributed by atoms with Crippen molar-refractivity contribution in [2.24, 2.45) is 5.92 Å². The number of nitrogens with zero attached hydrogens (tertiary/aromatic N) is 2. The number of hydrogen-bond acceptors (Lipinski definition) is 2. The van der Waals surface area contributed by atoms with Gasteiger partial charge in [0.15, 0.2) is 0 Å². The topological polar surface area (TPSA) is 16.4 Å². The molecule has 0 spiro atoms. The van der Waals surface area contributed by atoms with Crippen molar-refractivity contribution in [3.63, 3.8) is 0 Å². The lowest BCUT2D eigenvalue weighted by atomic mass is 9.91. The zero-order valence-corrected chi connectivity index (χ0v) is 17.0. The second-order valence-electron chi connectivity index (χ2n) is 6.82. The Morgan fingerprint density at radius 1 is 1.17 bits per heavy atom. The molecule has 0 radical (unpaired) electrons. The van der Waals surface area contributed by atoms with Gasteiger partial charge in [-0.15, -0.1) is 0 Å². The standard InChI is InChI=1S/C19H21Br2N2O/c1-12-10-22(15-5-6-15)19-17(21)9-14(20)11-23(19)18(12)13-3-7-16(24-2)8-4-13/h3-4,7-9,11-12,15,18H,5-6,10H2,1-2H3/q+1. The van der Waals surface area contributed by atoms with Crippen LogP contribution < -0.4 is 14.2 Å². The fourth-order valence-electron chi connectivity index (χ4n) is 3.81. The molecule has 4 rings (SSSR count). The maximum Gasteiger partial charge on any atom is 0.291 e. The SMILES string of the molecule is COc1ccc(C2C(C)CN(C3CC3)c3c(Br)cc(Br)c[n+]32)cc1. The lowest BCUT2D eigenvalue weighted by Gasteiger charge is -2.35. The molecule has 2 unspecified atom stereocenters. The summed E-state index contributed by atoms with van der Waals surface area (Å²) in [6, 6.07) is 11.7. The van der Waals surface area contributed by atoms with E-state index in [2.05, 4.69) is 84.8 Å². The van der Waals surface area contributed by atoms with Crippen LogP contribution in [0.2, 0.25) is 0 Å². The van der Waals surface area contributed by atoms with Crippen LogP contribution in [0.25, 0.3) is 0 Å². The van der Waals surface area contributed by atoms with Gasteiger partial charge < -0.3 is 4.74 Å². The molecule has 2 aliphatic rings. The lowest BCUT2D eigenvalue weighted by Crippen LogP contribution is -2.56. The molecule has 2 aromatic rings. The number of fused-ring (bicyclic) bond motifs is 1. The molecule has 3 nitrogen and oxygen atoms in total. The van der Waals surface area contributed by atoms with Crippen LogP contribution in [0.1, 0.15) is 31.4 Å². The molecule has 2 heterocycles. The van der Waals surface area contributed by atoms with Gasteiger partial charge in [-0.1, -0.05) is 19.1 Å². The summed E-state index contributed by atoms with van der Waals surface area (Å²) in [5.74, 6) is 2.75. The molecule has 1 fully saturated rings. The number of halogens is 2. The molecule has 2 atom stereocenters. The Labute approximate surface area is 159 Å². The fourth-order valence-corrected chi connectivity index (χ4v) is 5.24. The van der Waals surface area contributed by atoms with Gasteiger partial charge in [-0.25, -0.2) is 4.57 Å². The molecule has 1 aromatic heterocycles. The summed E-state index contributed by atoms with van der Waals surface area (Å²) in [4.78, 5) is 2.58. The molecule has 1 aromatic carbocycles. The Morgan fingerprint density at radius 2 is 1.88 bits per heavy atom. The van der Waals surface area contributed by atoms with Crippen LogP contribution in [-0.4, -0.2) is 19.7 Å². The van der Waals surface area contributed by atoms with E-state index in [4.69, 9.17) is 4.74 Å². The number of aromatic nitrogens is 1. The van der Waals surface area contributed by atoms with Gasteiger partial charge in [0.25, 0.3) is 5.82 Å². The summed E-state index contributed by atoms with van der Waals surface area (Å²) in [5, 5.41) is 0. The molecule has 1 aliphatic heterocycles. The third kappa shape index (κ3) is 2.86. The van der Waals surface area contributed by atoms with Crippen molar-refractivity contribution in [1.29, 1.82) is 0 Å². The summed E-state index contributed by atoms with van der Waals surface area (Å²) in [6.07, 6.45) is 4.84. The Bertz CT molecular complexity index is 759. The zero-order valence-electron chi connectivity index (χ0n) is 13.9. The van der Waals surface area contributed by atoms with Crippen molar-refractivity contribution in [2.45, 2.75) is 31.8 Å². The normalized spacial score (nSPS) is 23.1. The first-order chi connectivity index (χ1) is 11.6. The van der Waals surface area contributed by atoms with Crippen molar-refractivity contribution >= 4 is 37.7 Å². The molecule has 0 bridgehead atoms. The van der Waals surface area contributed by atoms with Crippen molar-refractivity contribution in [1.82, 2.24) is 0 Å². The molecule has 0 saturated heterocycles. The first-order valence-corrected chi connectivity index (χ1v) is 9.98. The molecule has 0 amide bonds. The maximum atomic E-state index is 5.32. The minimum atomic E-state index is 0.328. The number of pyridine rings is 1. The van der Waals surface area contributed by atoms with Gasteiger partial charge in [0.05, 0.1) is 24.2 Å². The molecular weight excluding hydrogens is 432 g/mol. The van der Waals surface area contributed by atoms with E-state index in [1.54, 1.807) is 7.11 Å². The minimum Gasteiger partial charge on any atom is -0.497 e. The summed E-state index contributed by atoms with van der Waals surface area (Å²) >= 11 is 7.47. The highest BCUT2D eigenvalue weighted by Gasteiger charge is 2.46. The fraction of sp³-hybridized carbons (Fsp3) is 0.421. The predicted molar refractivity (Wildman–Crippen MR) is 103 cm³/mol. The summed E-state index contributed by atoms with van der Waals surface area (Å²) in [6.45, 7) is 3.45. The van der Waals surface area contributed by atoms with Crippen molar-refractivity contribution in [3.05, 3.63) is 51.0 Å². The average Bonchev–Trinajstić information content (AvgIpc) is 3.39. The van der Waals surface area contributed by atoms with Crippen LogP contribution in [0.15, 0.2) is 45.5 Å². The molecule has 0 N–H and O–H groups in total. The Balaban J connectivity index is 1.83. The number of rotatable bonds is 3. The lowest BCUT2D eigenvalue weighted by molar-refractivity contribution is -0.713.